The lowest BCUT2D eigenvalue weighted by molar-refractivity contribution is 0.167. The Kier molecular flexibility index (Phi) is 6.14. The molecule has 1 aliphatic rings. The molecule has 1 aromatic carbocycles. The van der Waals surface area contributed by atoms with Crippen LogP contribution in [0, 0.1) is 18.7 Å². The number of amides is 2. The van der Waals surface area contributed by atoms with Crippen molar-refractivity contribution >= 4 is 6.03 Å². The van der Waals surface area contributed by atoms with Gasteiger partial charge < -0.3 is 14.8 Å². The van der Waals surface area contributed by atoms with E-state index >= 15 is 0 Å². The highest BCUT2D eigenvalue weighted by Crippen LogP contribution is 2.22. The van der Waals surface area contributed by atoms with Gasteiger partial charge in [-0.15, -0.1) is 0 Å². The average molecular weight is 372 g/mol. The monoisotopic (exact) mass is 372 g/mol. The van der Waals surface area contributed by atoms with Crippen LogP contribution in [0.25, 0.3) is 0 Å². The van der Waals surface area contributed by atoms with Crippen molar-refractivity contribution in [3.05, 3.63) is 53.4 Å². The zero-order valence-corrected chi connectivity index (χ0v) is 16.4. The molecule has 0 bridgehead atoms. The quantitative estimate of drug-likeness (QED) is 0.869. The molecule has 146 valence electrons. The molecule has 2 aromatic rings. The number of imidazole rings is 1. The minimum atomic E-state index is -0.213. The van der Waals surface area contributed by atoms with E-state index in [2.05, 4.69) is 21.8 Å². The van der Waals surface area contributed by atoms with Gasteiger partial charge in [0, 0.05) is 44.0 Å². The highest BCUT2D eigenvalue weighted by Gasteiger charge is 2.24. The molecule has 6 heteroatoms. The highest BCUT2D eigenvalue weighted by atomic mass is 19.1. The van der Waals surface area contributed by atoms with Crippen molar-refractivity contribution < 1.29 is 9.18 Å². The fraction of sp³-hybridized carbons (Fsp3) is 0.524. The first-order valence-corrected chi connectivity index (χ1v) is 9.73. The SMILES string of the molecule is Cc1cnc(CC2CCN(C(=O)NC(C)C)CC2)n1Cc1ccc(F)cc1. The number of nitrogens with one attached hydrogen (secondary N) is 1. The van der Waals surface area contributed by atoms with Crippen LogP contribution in [0.2, 0.25) is 0 Å². The summed E-state index contributed by atoms with van der Waals surface area (Å²) in [4.78, 5) is 18.7. The largest absolute Gasteiger partial charge is 0.336 e. The molecule has 3 rings (SSSR count). The van der Waals surface area contributed by atoms with Gasteiger partial charge in [0.2, 0.25) is 0 Å². The third-order valence-electron chi connectivity index (χ3n) is 5.18. The van der Waals surface area contributed by atoms with Crippen LogP contribution >= 0.6 is 0 Å². The third-order valence-corrected chi connectivity index (χ3v) is 5.18. The number of aromatic nitrogens is 2. The molecule has 0 radical (unpaired) electrons. The lowest BCUT2D eigenvalue weighted by atomic mass is 9.93. The van der Waals surface area contributed by atoms with Crippen LogP contribution in [0.15, 0.2) is 30.5 Å². The van der Waals surface area contributed by atoms with Gasteiger partial charge in [0.05, 0.1) is 0 Å². The Bertz CT molecular complexity index is 761. The Morgan fingerprint density at radius 3 is 2.56 bits per heavy atom. The molecule has 1 aromatic heterocycles. The van der Waals surface area contributed by atoms with Crippen molar-refractivity contribution in [2.75, 3.05) is 13.1 Å². The van der Waals surface area contributed by atoms with E-state index in [0.717, 1.165) is 49.4 Å². The Hall–Kier alpha value is -2.37. The average Bonchev–Trinajstić information content (AvgIpc) is 2.97. The zero-order chi connectivity index (χ0) is 19.4. The van der Waals surface area contributed by atoms with Gasteiger partial charge in [-0.25, -0.2) is 14.2 Å². The number of piperidine rings is 1. The first-order chi connectivity index (χ1) is 12.9. The van der Waals surface area contributed by atoms with Crippen molar-refractivity contribution in [2.45, 2.75) is 52.6 Å². The van der Waals surface area contributed by atoms with Crippen LogP contribution in [-0.4, -0.2) is 39.6 Å². The molecular formula is C21H29FN4O. The molecule has 5 nitrogen and oxygen atoms in total. The second-order valence-corrected chi connectivity index (χ2v) is 7.77. The van der Waals surface area contributed by atoms with Crippen molar-refractivity contribution in [1.29, 1.82) is 0 Å². The van der Waals surface area contributed by atoms with Crippen LogP contribution in [0.5, 0.6) is 0 Å². The number of rotatable bonds is 5. The van der Waals surface area contributed by atoms with Crippen LogP contribution in [0.3, 0.4) is 0 Å². The molecule has 2 heterocycles. The minimum absolute atomic E-state index is 0.0390. The Balaban J connectivity index is 1.59. The van der Waals surface area contributed by atoms with Gasteiger partial charge in [0.25, 0.3) is 0 Å². The normalized spacial score (nSPS) is 15.4. The number of benzene rings is 1. The highest BCUT2D eigenvalue weighted by molar-refractivity contribution is 5.74. The summed E-state index contributed by atoms with van der Waals surface area (Å²) < 4.78 is 15.4. The minimum Gasteiger partial charge on any atom is -0.336 e. The lowest BCUT2D eigenvalue weighted by Gasteiger charge is -2.32. The number of hydrogen-bond donors (Lipinski definition) is 1. The molecule has 27 heavy (non-hydrogen) atoms. The molecule has 1 saturated heterocycles. The lowest BCUT2D eigenvalue weighted by Crippen LogP contribution is -2.46. The maximum atomic E-state index is 13.1. The summed E-state index contributed by atoms with van der Waals surface area (Å²) in [6, 6.07) is 6.85. The molecule has 0 unspecified atom stereocenters. The second-order valence-electron chi connectivity index (χ2n) is 7.77. The number of halogens is 1. The van der Waals surface area contributed by atoms with Gasteiger partial charge in [0.15, 0.2) is 0 Å². The van der Waals surface area contributed by atoms with E-state index in [1.165, 1.54) is 12.1 Å². The number of urea groups is 1. The molecular weight excluding hydrogens is 343 g/mol. The standard InChI is InChI=1S/C21H29FN4O/c1-15(2)24-21(27)25-10-8-17(9-11-25)12-20-23-13-16(3)26(20)14-18-4-6-19(22)7-5-18/h4-7,13,15,17H,8-12,14H2,1-3H3,(H,24,27). The predicted molar refractivity (Wildman–Crippen MR) is 104 cm³/mol. The molecule has 2 amide bonds. The number of nitrogens with zero attached hydrogens (tertiary/aromatic N) is 3. The zero-order valence-electron chi connectivity index (χ0n) is 16.4. The van der Waals surface area contributed by atoms with Crippen molar-refractivity contribution in [3.63, 3.8) is 0 Å². The molecule has 1 N–H and O–H groups in total. The fourth-order valence-electron chi connectivity index (χ4n) is 3.60. The van der Waals surface area contributed by atoms with Crippen LogP contribution < -0.4 is 5.32 Å². The topological polar surface area (TPSA) is 50.2 Å². The summed E-state index contributed by atoms with van der Waals surface area (Å²) in [5.41, 5.74) is 2.18. The van der Waals surface area contributed by atoms with Gasteiger partial charge in [0.1, 0.15) is 11.6 Å². The number of aryl methyl sites for hydroxylation is 1. The Morgan fingerprint density at radius 1 is 1.26 bits per heavy atom. The van der Waals surface area contributed by atoms with E-state index in [1.54, 1.807) is 0 Å². The van der Waals surface area contributed by atoms with E-state index in [4.69, 9.17) is 0 Å². The third kappa shape index (κ3) is 5.08. The maximum Gasteiger partial charge on any atom is 0.317 e. The predicted octanol–water partition coefficient (Wildman–Crippen LogP) is 3.75. The first kappa shape index (κ1) is 19.4. The van der Waals surface area contributed by atoms with Crippen LogP contribution in [-0.2, 0) is 13.0 Å². The van der Waals surface area contributed by atoms with Gasteiger partial charge in [-0.3, -0.25) is 0 Å². The fourth-order valence-corrected chi connectivity index (χ4v) is 3.60. The van der Waals surface area contributed by atoms with E-state index in [1.807, 2.05) is 37.1 Å². The van der Waals surface area contributed by atoms with Crippen molar-refractivity contribution in [2.24, 2.45) is 5.92 Å². The molecule has 1 aliphatic heterocycles. The molecule has 1 fully saturated rings. The summed E-state index contributed by atoms with van der Waals surface area (Å²) in [5.74, 6) is 1.39. The molecule has 0 spiro atoms. The van der Waals surface area contributed by atoms with Gasteiger partial charge in [-0.05, 0) is 57.2 Å². The molecule has 0 atom stereocenters. The Morgan fingerprint density at radius 2 is 1.93 bits per heavy atom. The van der Waals surface area contributed by atoms with E-state index < -0.39 is 0 Å². The first-order valence-electron chi connectivity index (χ1n) is 9.73. The van der Waals surface area contributed by atoms with E-state index in [-0.39, 0.29) is 17.9 Å². The van der Waals surface area contributed by atoms with Crippen LogP contribution in [0.1, 0.15) is 43.8 Å². The summed E-state index contributed by atoms with van der Waals surface area (Å²) in [7, 11) is 0. The van der Waals surface area contributed by atoms with E-state index in [9.17, 15) is 9.18 Å². The van der Waals surface area contributed by atoms with Gasteiger partial charge in [-0.1, -0.05) is 12.1 Å². The van der Waals surface area contributed by atoms with Gasteiger partial charge >= 0.3 is 6.03 Å². The molecule has 0 saturated carbocycles. The summed E-state index contributed by atoms with van der Waals surface area (Å²) in [6.45, 7) is 8.31. The smallest absolute Gasteiger partial charge is 0.317 e. The maximum absolute atomic E-state index is 13.1. The number of carbonyl (C=O) groups excluding carboxylic acids is 1. The van der Waals surface area contributed by atoms with Crippen molar-refractivity contribution in [3.8, 4) is 0 Å². The summed E-state index contributed by atoms with van der Waals surface area (Å²) >= 11 is 0. The van der Waals surface area contributed by atoms with E-state index in [0.29, 0.717) is 12.5 Å². The number of hydrogen-bond acceptors (Lipinski definition) is 2. The second kappa shape index (κ2) is 8.55. The number of likely N-dealkylation sites (tertiary alicyclic amines) is 1. The van der Waals surface area contributed by atoms with Gasteiger partial charge in [-0.2, -0.15) is 0 Å². The molecule has 0 aliphatic carbocycles. The number of carbonyl (C=O) groups is 1. The summed E-state index contributed by atoms with van der Waals surface area (Å²) in [6.07, 6.45) is 4.81. The van der Waals surface area contributed by atoms with Crippen molar-refractivity contribution in [1.82, 2.24) is 19.8 Å². The van der Waals surface area contributed by atoms with Crippen LogP contribution in [0.4, 0.5) is 9.18 Å². The Labute approximate surface area is 160 Å². The summed E-state index contributed by atoms with van der Waals surface area (Å²) in [5, 5.41) is 2.96.